The van der Waals surface area contributed by atoms with Crippen LogP contribution in [-0.2, 0) is 0 Å². The molecule has 0 aliphatic heterocycles. The zero-order chi connectivity index (χ0) is 10.5. The zero-order valence-corrected chi connectivity index (χ0v) is 13.3. The van der Waals surface area contributed by atoms with Crippen LogP contribution in [0.3, 0.4) is 0 Å². The van der Waals surface area contributed by atoms with Crippen LogP contribution in [-0.4, -0.2) is 20.0 Å². The average molecular weight is 323 g/mol. The first-order chi connectivity index (χ1) is 6.91. The molecule has 0 nitrogen and oxygen atoms in total. The Morgan fingerprint density at radius 3 is 1.57 bits per heavy atom. The zero-order valence-electron chi connectivity index (χ0n) is 9.66. The van der Waals surface area contributed by atoms with Gasteiger partial charge in [-0.25, -0.2) is 0 Å². The number of hydrogen-bond acceptors (Lipinski definition) is 0. The van der Waals surface area contributed by atoms with E-state index in [1.165, 1.54) is 68.6 Å². The van der Waals surface area contributed by atoms with Gasteiger partial charge in [0.15, 0.2) is 0 Å². The molecule has 0 aromatic rings. The maximum absolute atomic E-state index is 5.78. The van der Waals surface area contributed by atoms with E-state index in [9.17, 15) is 0 Å². The van der Waals surface area contributed by atoms with Gasteiger partial charge in [0.1, 0.15) is 0 Å². The van der Waals surface area contributed by atoms with Gasteiger partial charge in [-0.3, -0.25) is 0 Å². The molecule has 0 aromatic heterocycles. The predicted octanol–water partition coefficient (Wildman–Crippen LogP) is 5.18. The van der Waals surface area contributed by atoms with E-state index in [0.29, 0.717) is 0 Å². The Morgan fingerprint density at radius 2 is 1.14 bits per heavy atom. The van der Waals surface area contributed by atoms with Gasteiger partial charge in [-0.05, 0) is 0 Å². The molecule has 0 aliphatic carbocycles. The second-order valence-electron chi connectivity index (χ2n) is 4.07. The van der Waals surface area contributed by atoms with E-state index in [0.717, 1.165) is 0 Å². The molecule has 2 radical (unpaired) electrons. The molecule has 0 heterocycles. The minimum atomic E-state index is -0.394. The van der Waals surface area contributed by atoms with Crippen LogP contribution in [0.25, 0.3) is 0 Å². The minimum absolute atomic E-state index is 0.394. The second-order valence-corrected chi connectivity index (χ2v) is 8.05. The first-order valence-electron chi connectivity index (χ1n) is 6.25. The van der Waals surface area contributed by atoms with Crippen LogP contribution in [0, 0.1) is 0 Å². The first kappa shape index (κ1) is 15.1. The van der Waals surface area contributed by atoms with Gasteiger partial charge >= 0.3 is 105 Å². The van der Waals surface area contributed by atoms with Crippen molar-refractivity contribution in [3.8, 4) is 0 Å². The van der Waals surface area contributed by atoms with Crippen LogP contribution >= 0.6 is 8.92 Å². The maximum atomic E-state index is 5.78. The van der Waals surface area contributed by atoms with Crippen molar-refractivity contribution in [3.63, 3.8) is 0 Å². The van der Waals surface area contributed by atoms with E-state index in [2.05, 4.69) is 6.92 Å². The van der Waals surface area contributed by atoms with E-state index < -0.39 is 20.0 Å². The van der Waals surface area contributed by atoms with E-state index in [-0.39, 0.29) is 0 Å². The van der Waals surface area contributed by atoms with Crippen molar-refractivity contribution in [2.24, 2.45) is 0 Å². The van der Waals surface area contributed by atoms with E-state index >= 15 is 0 Å². The summed E-state index contributed by atoms with van der Waals surface area (Å²) < 4.78 is 1.38. The van der Waals surface area contributed by atoms with Gasteiger partial charge < -0.3 is 0 Å². The van der Waals surface area contributed by atoms with Gasteiger partial charge in [0.05, 0.1) is 0 Å². The monoisotopic (exact) mass is 324 g/mol. The van der Waals surface area contributed by atoms with Crippen molar-refractivity contribution in [3.05, 3.63) is 0 Å². The summed E-state index contributed by atoms with van der Waals surface area (Å²) in [6.07, 6.45) is 14.4. The molecule has 0 saturated heterocycles. The second kappa shape index (κ2) is 14.1. The Labute approximate surface area is 104 Å². The molecule has 0 bridgehead atoms. The molecule has 0 spiro atoms. The summed E-state index contributed by atoms with van der Waals surface area (Å²) in [5.74, 6) is 0. The predicted molar refractivity (Wildman–Crippen MR) is 68.3 cm³/mol. The topological polar surface area (TPSA) is 0 Å². The van der Waals surface area contributed by atoms with Crippen LogP contribution in [0.2, 0.25) is 4.44 Å². The molecule has 0 N–H and O–H groups in total. The van der Waals surface area contributed by atoms with Crippen molar-refractivity contribution in [1.82, 2.24) is 0 Å². The molecule has 14 heavy (non-hydrogen) atoms. The van der Waals surface area contributed by atoms with Crippen LogP contribution < -0.4 is 0 Å². The van der Waals surface area contributed by atoms with Crippen molar-refractivity contribution in [1.29, 1.82) is 0 Å². The fourth-order valence-electron chi connectivity index (χ4n) is 1.68. The standard InChI is InChI=1S/C12H25.ClH.Sn/c1-3-5-7-9-11-12-10-8-6-4-2;;/h1,3-12H2,2H3;1H;/q;;+1/p-1. The normalized spacial score (nSPS) is 10.7. The Kier molecular flexibility index (Phi) is 15.2. The van der Waals surface area contributed by atoms with Gasteiger partial charge in [-0.2, -0.15) is 0 Å². The molecule has 0 saturated carbocycles. The van der Waals surface area contributed by atoms with E-state index in [4.69, 9.17) is 8.92 Å². The van der Waals surface area contributed by atoms with Gasteiger partial charge in [-0.1, -0.05) is 0 Å². The molecule has 0 unspecified atom stereocenters. The van der Waals surface area contributed by atoms with E-state index in [1.54, 1.807) is 0 Å². The molecule has 2 heteroatoms. The molecule has 0 aromatic carbocycles. The first-order valence-corrected chi connectivity index (χ1v) is 11.9. The SMILES string of the molecule is CCCCCCCCCCC[CH2][Sn][Cl]. The molecule has 0 fully saturated rings. The summed E-state index contributed by atoms with van der Waals surface area (Å²) >= 11 is -0.394. The summed E-state index contributed by atoms with van der Waals surface area (Å²) in [5, 5.41) is 0. The fourth-order valence-corrected chi connectivity index (χ4v) is 3.67. The summed E-state index contributed by atoms with van der Waals surface area (Å²) in [4.78, 5) is 0. The number of halogens is 1. The van der Waals surface area contributed by atoms with E-state index in [1.807, 2.05) is 0 Å². The van der Waals surface area contributed by atoms with Crippen LogP contribution in [0.5, 0.6) is 0 Å². The van der Waals surface area contributed by atoms with Gasteiger partial charge in [0.25, 0.3) is 0 Å². The quantitative estimate of drug-likeness (QED) is 0.363. The molecule has 0 atom stereocenters. The summed E-state index contributed by atoms with van der Waals surface area (Å²) in [5.41, 5.74) is 0. The Morgan fingerprint density at radius 1 is 0.714 bits per heavy atom. The number of hydrogen-bond donors (Lipinski definition) is 0. The van der Waals surface area contributed by atoms with Crippen LogP contribution in [0.15, 0.2) is 0 Å². The molecule has 0 rings (SSSR count). The average Bonchev–Trinajstić information content (AvgIpc) is 2.21. The third-order valence-electron chi connectivity index (χ3n) is 2.62. The molecular formula is C12H25ClSn. The van der Waals surface area contributed by atoms with Gasteiger partial charge in [-0.15, -0.1) is 0 Å². The number of rotatable bonds is 11. The summed E-state index contributed by atoms with van der Waals surface area (Å²) in [6.45, 7) is 2.28. The van der Waals surface area contributed by atoms with Crippen molar-refractivity contribution < 1.29 is 0 Å². The summed E-state index contributed by atoms with van der Waals surface area (Å²) in [6, 6.07) is 0. The van der Waals surface area contributed by atoms with Crippen molar-refractivity contribution in [2.45, 2.75) is 75.6 Å². The Balaban J connectivity index is 2.78. The number of unbranched alkanes of at least 4 members (excludes halogenated alkanes) is 9. The summed E-state index contributed by atoms with van der Waals surface area (Å²) in [7, 11) is 5.78. The Hall–Kier alpha value is 1.09. The molecular weight excluding hydrogens is 298 g/mol. The molecule has 0 aliphatic rings. The molecule has 84 valence electrons. The Bertz CT molecular complexity index is 84.3. The van der Waals surface area contributed by atoms with Gasteiger partial charge in [0, 0.05) is 0 Å². The third-order valence-corrected chi connectivity index (χ3v) is 5.44. The van der Waals surface area contributed by atoms with Crippen molar-refractivity contribution >= 4 is 28.9 Å². The fraction of sp³-hybridized carbons (Fsp3) is 1.00. The van der Waals surface area contributed by atoms with Crippen LogP contribution in [0.4, 0.5) is 0 Å². The van der Waals surface area contributed by atoms with Crippen molar-refractivity contribution in [2.75, 3.05) is 0 Å². The van der Waals surface area contributed by atoms with Gasteiger partial charge in [0.2, 0.25) is 0 Å². The third kappa shape index (κ3) is 13.1. The molecule has 0 amide bonds. The van der Waals surface area contributed by atoms with Crippen LogP contribution in [0.1, 0.15) is 71.1 Å².